The molecule has 0 aliphatic rings. The predicted molar refractivity (Wildman–Crippen MR) is 60.7 cm³/mol. The topological polar surface area (TPSA) is 59.2 Å². The quantitative estimate of drug-likeness (QED) is 0.943. The van der Waals surface area contributed by atoms with E-state index in [-0.39, 0.29) is 0 Å². The highest BCUT2D eigenvalue weighted by Gasteiger charge is 2.11. The summed E-state index contributed by atoms with van der Waals surface area (Å²) in [6, 6.07) is 1.93. The fourth-order valence-electron chi connectivity index (χ4n) is 1.12. The molecular formula is C9H9BrN2O2S. The maximum Gasteiger partial charge on any atom is 0.229 e. The maximum absolute atomic E-state index is 9.16. The van der Waals surface area contributed by atoms with Crippen LogP contribution in [0.4, 0.5) is 0 Å². The predicted octanol–water partition coefficient (Wildman–Crippen LogP) is 2.48. The molecule has 2 rings (SSSR count). The van der Waals surface area contributed by atoms with Crippen LogP contribution >= 0.6 is 27.3 Å². The van der Waals surface area contributed by atoms with Crippen molar-refractivity contribution >= 4 is 27.3 Å². The Labute approximate surface area is 99.1 Å². The SMILES string of the molecule is CC(O)Cc1nc(-c2cc(Br)cs2)no1. The number of hydrogen-bond acceptors (Lipinski definition) is 5. The smallest absolute Gasteiger partial charge is 0.229 e. The van der Waals surface area contributed by atoms with E-state index in [4.69, 9.17) is 9.63 Å². The number of nitrogens with zero attached hydrogens (tertiary/aromatic N) is 2. The molecule has 0 amide bonds. The molecule has 0 saturated carbocycles. The van der Waals surface area contributed by atoms with Crippen molar-refractivity contribution in [2.75, 3.05) is 0 Å². The first-order valence-electron chi connectivity index (χ1n) is 4.40. The monoisotopic (exact) mass is 288 g/mol. The molecule has 0 fully saturated rings. The van der Waals surface area contributed by atoms with Gasteiger partial charge in [0.25, 0.3) is 0 Å². The van der Waals surface area contributed by atoms with E-state index in [1.54, 1.807) is 18.3 Å². The lowest BCUT2D eigenvalue weighted by Gasteiger charge is -1.95. The highest BCUT2D eigenvalue weighted by Crippen LogP contribution is 2.27. The van der Waals surface area contributed by atoms with Gasteiger partial charge < -0.3 is 9.63 Å². The lowest BCUT2D eigenvalue weighted by atomic mass is 10.3. The highest BCUT2D eigenvalue weighted by molar-refractivity contribution is 9.10. The van der Waals surface area contributed by atoms with Gasteiger partial charge in [0.15, 0.2) is 0 Å². The third-order valence-corrected chi connectivity index (χ3v) is 3.41. The van der Waals surface area contributed by atoms with E-state index >= 15 is 0 Å². The summed E-state index contributed by atoms with van der Waals surface area (Å²) in [6.45, 7) is 1.69. The van der Waals surface area contributed by atoms with Crippen LogP contribution in [0.5, 0.6) is 0 Å². The van der Waals surface area contributed by atoms with E-state index in [1.807, 2.05) is 11.4 Å². The van der Waals surface area contributed by atoms with Crippen LogP contribution in [0.2, 0.25) is 0 Å². The van der Waals surface area contributed by atoms with Crippen molar-refractivity contribution in [1.29, 1.82) is 0 Å². The highest BCUT2D eigenvalue weighted by atomic mass is 79.9. The molecule has 4 nitrogen and oxygen atoms in total. The van der Waals surface area contributed by atoms with E-state index in [9.17, 15) is 0 Å². The Morgan fingerprint density at radius 3 is 3.07 bits per heavy atom. The van der Waals surface area contributed by atoms with E-state index in [0.29, 0.717) is 18.1 Å². The summed E-state index contributed by atoms with van der Waals surface area (Å²) < 4.78 is 6.01. The third-order valence-electron chi connectivity index (χ3n) is 1.73. The zero-order valence-electron chi connectivity index (χ0n) is 7.98. The Balaban J connectivity index is 2.20. The summed E-state index contributed by atoms with van der Waals surface area (Å²) in [5.41, 5.74) is 0. The molecular weight excluding hydrogens is 280 g/mol. The van der Waals surface area contributed by atoms with Gasteiger partial charge in [-0.05, 0) is 28.9 Å². The minimum absolute atomic E-state index is 0.388. The molecule has 0 saturated heterocycles. The molecule has 1 unspecified atom stereocenters. The van der Waals surface area contributed by atoms with Gasteiger partial charge in [-0.2, -0.15) is 4.98 Å². The molecule has 15 heavy (non-hydrogen) atoms. The van der Waals surface area contributed by atoms with Crippen LogP contribution in [0.25, 0.3) is 10.7 Å². The van der Waals surface area contributed by atoms with Crippen LogP contribution in [0.15, 0.2) is 20.4 Å². The fourth-order valence-corrected chi connectivity index (χ4v) is 2.47. The van der Waals surface area contributed by atoms with Crippen molar-refractivity contribution in [3.05, 3.63) is 21.8 Å². The minimum Gasteiger partial charge on any atom is -0.393 e. The third kappa shape index (κ3) is 2.64. The normalized spacial score (nSPS) is 13.0. The summed E-state index contributed by atoms with van der Waals surface area (Å²) in [4.78, 5) is 5.13. The molecule has 6 heteroatoms. The number of aromatic nitrogens is 2. The van der Waals surface area contributed by atoms with E-state index in [1.165, 1.54) is 0 Å². The Kier molecular flexibility index (Phi) is 3.18. The molecule has 0 aliphatic carbocycles. The number of aliphatic hydroxyl groups excluding tert-OH is 1. The molecule has 80 valence electrons. The van der Waals surface area contributed by atoms with Crippen LogP contribution in [-0.4, -0.2) is 21.4 Å². The second-order valence-electron chi connectivity index (χ2n) is 3.19. The molecule has 0 aliphatic heterocycles. The summed E-state index contributed by atoms with van der Waals surface area (Å²) in [6.07, 6.45) is -0.0760. The maximum atomic E-state index is 9.16. The second kappa shape index (κ2) is 4.42. The number of halogens is 1. The van der Waals surface area contributed by atoms with E-state index < -0.39 is 6.10 Å². The van der Waals surface area contributed by atoms with Gasteiger partial charge in [0.05, 0.1) is 17.4 Å². The summed E-state index contributed by atoms with van der Waals surface area (Å²) >= 11 is 4.90. The Morgan fingerprint density at radius 1 is 1.67 bits per heavy atom. The summed E-state index contributed by atoms with van der Waals surface area (Å²) in [5, 5.41) is 15.0. The van der Waals surface area contributed by atoms with Gasteiger partial charge in [-0.1, -0.05) is 5.16 Å². The Bertz CT molecular complexity index is 452. The van der Waals surface area contributed by atoms with Gasteiger partial charge in [0.2, 0.25) is 11.7 Å². The molecule has 2 heterocycles. The molecule has 1 N–H and O–H groups in total. The van der Waals surface area contributed by atoms with Gasteiger partial charge in [0.1, 0.15) is 0 Å². The summed E-state index contributed by atoms with van der Waals surface area (Å²) in [7, 11) is 0. The zero-order chi connectivity index (χ0) is 10.8. The van der Waals surface area contributed by atoms with Gasteiger partial charge in [0, 0.05) is 9.85 Å². The van der Waals surface area contributed by atoms with E-state index in [2.05, 4.69) is 26.1 Å². The lowest BCUT2D eigenvalue weighted by molar-refractivity contribution is 0.181. The molecule has 2 aromatic heterocycles. The first kappa shape index (κ1) is 10.8. The average Bonchev–Trinajstić information content (AvgIpc) is 2.72. The summed E-state index contributed by atoms with van der Waals surface area (Å²) in [5.74, 6) is 1.03. The Morgan fingerprint density at radius 2 is 2.47 bits per heavy atom. The first-order chi connectivity index (χ1) is 7.15. The number of rotatable bonds is 3. The molecule has 0 aromatic carbocycles. The minimum atomic E-state index is -0.464. The van der Waals surface area contributed by atoms with Crippen LogP contribution in [0.3, 0.4) is 0 Å². The molecule has 0 radical (unpaired) electrons. The first-order valence-corrected chi connectivity index (χ1v) is 6.07. The van der Waals surface area contributed by atoms with Gasteiger partial charge in [-0.3, -0.25) is 0 Å². The average molecular weight is 289 g/mol. The molecule has 0 spiro atoms. The van der Waals surface area contributed by atoms with Crippen molar-refractivity contribution in [1.82, 2.24) is 10.1 Å². The number of thiophene rings is 1. The standard InChI is InChI=1S/C9H9BrN2O2S/c1-5(13)2-8-11-9(12-14-8)7-3-6(10)4-15-7/h3-5,13H,2H2,1H3. The van der Waals surface area contributed by atoms with Crippen LogP contribution in [0.1, 0.15) is 12.8 Å². The Hall–Kier alpha value is -0.720. The second-order valence-corrected chi connectivity index (χ2v) is 5.02. The van der Waals surface area contributed by atoms with Gasteiger partial charge in [-0.15, -0.1) is 11.3 Å². The molecule has 0 bridgehead atoms. The van der Waals surface area contributed by atoms with Crippen LogP contribution < -0.4 is 0 Å². The van der Waals surface area contributed by atoms with Gasteiger partial charge >= 0.3 is 0 Å². The largest absolute Gasteiger partial charge is 0.393 e. The van der Waals surface area contributed by atoms with Crippen molar-refractivity contribution in [2.45, 2.75) is 19.4 Å². The van der Waals surface area contributed by atoms with Crippen LogP contribution in [0, 0.1) is 0 Å². The van der Waals surface area contributed by atoms with E-state index in [0.717, 1.165) is 9.35 Å². The molecule has 2 aromatic rings. The van der Waals surface area contributed by atoms with Crippen molar-refractivity contribution in [2.24, 2.45) is 0 Å². The fraction of sp³-hybridized carbons (Fsp3) is 0.333. The van der Waals surface area contributed by atoms with Crippen LogP contribution in [-0.2, 0) is 6.42 Å². The zero-order valence-corrected chi connectivity index (χ0v) is 10.4. The van der Waals surface area contributed by atoms with Crippen molar-refractivity contribution in [3.63, 3.8) is 0 Å². The molecule has 1 atom stereocenters. The van der Waals surface area contributed by atoms with Crippen molar-refractivity contribution < 1.29 is 9.63 Å². The van der Waals surface area contributed by atoms with Crippen molar-refractivity contribution in [3.8, 4) is 10.7 Å². The lowest BCUT2D eigenvalue weighted by Crippen LogP contribution is -2.04. The number of hydrogen-bond donors (Lipinski definition) is 1. The number of aliphatic hydroxyl groups is 1. The van der Waals surface area contributed by atoms with Gasteiger partial charge in [-0.25, -0.2) is 0 Å².